The highest BCUT2D eigenvalue weighted by Gasteiger charge is 2.26. The molecule has 7 aromatic rings. The van der Waals surface area contributed by atoms with Crippen LogP contribution >= 0.6 is 0 Å². The molecule has 4 nitrogen and oxygen atoms in total. The number of fused-ring (bicyclic) bond motifs is 6. The summed E-state index contributed by atoms with van der Waals surface area (Å²) in [4.78, 5) is 7.91. The fourth-order valence-electron chi connectivity index (χ4n) is 5.95. The molecule has 0 aromatic heterocycles. The zero-order valence-corrected chi connectivity index (χ0v) is 20.2. The molecule has 0 atom stereocenters. The van der Waals surface area contributed by atoms with Gasteiger partial charge in [0, 0.05) is 43.4 Å². The van der Waals surface area contributed by atoms with E-state index in [0.29, 0.717) is 10.7 Å². The zero-order chi connectivity index (χ0) is 25.6. The van der Waals surface area contributed by atoms with Crippen LogP contribution in [0.3, 0.4) is 0 Å². The Kier molecular flexibility index (Phi) is 4.86. The first-order chi connectivity index (χ1) is 18.8. The Balaban J connectivity index is 1.97. The fourth-order valence-corrected chi connectivity index (χ4v) is 5.95. The van der Waals surface area contributed by atoms with Crippen LogP contribution < -0.4 is 10.7 Å². The van der Waals surface area contributed by atoms with Crippen LogP contribution in [0.1, 0.15) is 0 Å². The van der Waals surface area contributed by atoms with E-state index in [0.717, 1.165) is 65.3 Å². The number of nitriles is 1. The Labute approximate surface area is 218 Å². The van der Waals surface area contributed by atoms with Gasteiger partial charge >= 0.3 is 0 Å². The summed E-state index contributed by atoms with van der Waals surface area (Å²) in [6, 6.07) is 36.7. The second-order valence-corrected chi connectivity index (χ2v) is 9.18. The first-order valence-corrected chi connectivity index (χ1v) is 12.3. The molecule has 38 heavy (non-hydrogen) atoms. The lowest BCUT2D eigenvalue weighted by atomic mass is 9.88. The van der Waals surface area contributed by atoms with E-state index in [4.69, 9.17) is 6.57 Å². The van der Waals surface area contributed by atoms with E-state index in [1.165, 1.54) is 0 Å². The highest BCUT2D eigenvalue weighted by molar-refractivity contribution is 6.34. The van der Waals surface area contributed by atoms with Crippen molar-refractivity contribution in [2.24, 2.45) is 10.1 Å². The number of nitrogens with zero attached hydrogens (tertiary/aromatic N) is 4. The molecule has 0 heterocycles. The molecule has 0 spiro atoms. The Morgan fingerprint density at radius 1 is 0.526 bits per heavy atom. The van der Waals surface area contributed by atoms with Gasteiger partial charge in [-0.2, -0.15) is 16.8 Å². The quantitative estimate of drug-likeness (QED) is 0.142. The summed E-state index contributed by atoms with van der Waals surface area (Å²) in [5, 5.41) is 23.4. The molecule has 0 amide bonds. The lowest BCUT2D eigenvalue weighted by Gasteiger charge is -2.14. The van der Waals surface area contributed by atoms with Gasteiger partial charge in [0.2, 0.25) is 6.19 Å². The van der Waals surface area contributed by atoms with E-state index >= 15 is 0 Å². The molecule has 0 radical (unpaired) electrons. The molecule has 0 saturated heterocycles. The predicted molar refractivity (Wildman–Crippen MR) is 153 cm³/mol. The molecule has 0 bridgehead atoms. The summed E-state index contributed by atoms with van der Waals surface area (Å²) in [6.07, 6.45) is 2.07. The van der Waals surface area contributed by atoms with Crippen LogP contribution in [0.25, 0.3) is 70.3 Å². The van der Waals surface area contributed by atoms with Crippen LogP contribution in [0.15, 0.2) is 119 Å². The van der Waals surface area contributed by atoms with Gasteiger partial charge in [-0.25, -0.2) is 0 Å². The van der Waals surface area contributed by atoms with Crippen LogP contribution in [-0.4, -0.2) is 0 Å². The largest absolute Gasteiger partial charge is 0.206 e. The standard InChI is InChI=1S/C34H18N4/c1-36-38-34-26-19-11-9-17-24(26)30-27(21-12-4-2-5-13-21)31-29(28(32(30)34)22-14-6-3-7-15-22)23-16-8-10-18-25(23)33(31)37-20-35/h2-19H/b37-33?,38-34-. The van der Waals surface area contributed by atoms with Gasteiger partial charge in [-0.1, -0.05) is 109 Å². The summed E-state index contributed by atoms with van der Waals surface area (Å²) in [5.41, 5.74) is 4.06. The molecule has 0 aliphatic carbocycles. The molecule has 0 unspecified atom stereocenters. The van der Waals surface area contributed by atoms with Crippen molar-refractivity contribution in [3.8, 4) is 28.4 Å². The summed E-state index contributed by atoms with van der Waals surface area (Å²) in [5.74, 6) is 0. The maximum Gasteiger partial charge on any atom is 0.206 e. The van der Waals surface area contributed by atoms with Crippen LogP contribution in [0, 0.1) is 18.0 Å². The number of rotatable bonds is 2. The van der Waals surface area contributed by atoms with E-state index < -0.39 is 0 Å². The van der Waals surface area contributed by atoms with E-state index in [-0.39, 0.29) is 0 Å². The zero-order valence-electron chi connectivity index (χ0n) is 20.2. The Morgan fingerprint density at radius 2 is 0.947 bits per heavy atom. The minimum atomic E-state index is 0.671. The van der Waals surface area contributed by atoms with Gasteiger partial charge in [-0.3, -0.25) is 0 Å². The van der Waals surface area contributed by atoms with Crippen molar-refractivity contribution in [3.63, 3.8) is 0 Å². The van der Waals surface area contributed by atoms with Gasteiger partial charge in [-0.05, 0) is 21.9 Å². The molecule has 7 aromatic carbocycles. The van der Waals surface area contributed by atoms with Crippen LogP contribution in [0.2, 0.25) is 0 Å². The summed E-state index contributed by atoms with van der Waals surface area (Å²) in [6.45, 7) is 7.68. The Morgan fingerprint density at radius 3 is 1.42 bits per heavy atom. The van der Waals surface area contributed by atoms with Gasteiger partial charge in [-0.15, -0.1) is 4.95 Å². The van der Waals surface area contributed by atoms with Crippen molar-refractivity contribution < 1.29 is 0 Å². The molecule has 0 aliphatic rings. The molecule has 174 valence electrons. The summed E-state index contributed by atoms with van der Waals surface area (Å²) in [7, 11) is 0. The third-order valence-corrected chi connectivity index (χ3v) is 7.31. The first-order valence-electron chi connectivity index (χ1n) is 12.3. The minimum absolute atomic E-state index is 0.671. The van der Waals surface area contributed by atoms with Crippen LogP contribution in [-0.2, 0) is 0 Å². The highest BCUT2D eigenvalue weighted by atomic mass is 15.2. The molecular formula is C34H18N4. The normalized spacial score (nSPS) is 12.5. The molecule has 4 heteroatoms. The van der Waals surface area contributed by atoms with Crippen LogP contribution in [0.5, 0.6) is 0 Å². The monoisotopic (exact) mass is 482 g/mol. The van der Waals surface area contributed by atoms with E-state index in [1.54, 1.807) is 0 Å². The molecule has 0 fully saturated rings. The van der Waals surface area contributed by atoms with Crippen molar-refractivity contribution in [3.05, 3.63) is 131 Å². The smallest absolute Gasteiger partial charge is 0.181 e. The van der Waals surface area contributed by atoms with Crippen molar-refractivity contribution in [2.75, 3.05) is 0 Å². The average molecular weight is 483 g/mol. The van der Waals surface area contributed by atoms with Gasteiger partial charge in [0.25, 0.3) is 0 Å². The van der Waals surface area contributed by atoms with Crippen molar-refractivity contribution >= 4 is 43.1 Å². The number of hydrogen-bond donors (Lipinski definition) is 0. The Hall–Kier alpha value is -5.58. The van der Waals surface area contributed by atoms with E-state index in [1.807, 2.05) is 72.8 Å². The van der Waals surface area contributed by atoms with E-state index in [9.17, 15) is 5.26 Å². The van der Waals surface area contributed by atoms with E-state index in [2.05, 4.69) is 57.6 Å². The summed E-state index contributed by atoms with van der Waals surface area (Å²) < 4.78 is 0. The molecule has 7 rings (SSSR count). The van der Waals surface area contributed by atoms with Gasteiger partial charge < -0.3 is 0 Å². The first kappa shape index (κ1) is 21.7. The highest BCUT2D eigenvalue weighted by Crippen LogP contribution is 2.47. The third-order valence-electron chi connectivity index (χ3n) is 7.31. The van der Waals surface area contributed by atoms with Gasteiger partial charge in [0.15, 0.2) is 5.36 Å². The summed E-state index contributed by atoms with van der Waals surface area (Å²) >= 11 is 0. The van der Waals surface area contributed by atoms with Crippen molar-refractivity contribution in [1.29, 1.82) is 5.26 Å². The van der Waals surface area contributed by atoms with Crippen molar-refractivity contribution in [2.45, 2.75) is 0 Å². The molecule has 0 aliphatic heterocycles. The maximum atomic E-state index is 9.80. The van der Waals surface area contributed by atoms with Crippen LogP contribution in [0.4, 0.5) is 0 Å². The SMILES string of the molecule is [C-]#[N+]/N=c1/c2ccccc2c2c(-c3ccccc3)c3c(=NC#N)c4ccccc4c3c(-c3ccccc3)c12. The second kappa shape index (κ2) is 8.52. The topological polar surface area (TPSA) is 52.9 Å². The fraction of sp³-hybridized carbons (Fsp3) is 0. The second-order valence-electron chi connectivity index (χ2n) is 9.18. The Bertz CT molecular complexity index is 2070. The average Bonchev–Trinajstić information content (AvgIpc) is 3.47. The predicted octanol–water partition coefficient (Wildman–Crippen LogP) is 7.63. The van der Waals surface area contributed by atoms with Gasteiger partial charge in [0.1, 0.15) is 0 Å². The molecule has 0 N–H and O–H groups in total. The number of hydrogen-bond acceptors (Lipinski definition) is 3. The lowest BCUT2D eigenvalue weighted by Crippen LogP contribution is -2.03. The van der Waals surface area contributed by atoms with Gasteiger partial charge in [0.05, 0.1) is 10.5 Å². The molecular weight excluding hydrogens is 464 g/mol. The minimum Gasteiger partial charge on any atom is -0.181 e. The number of benzene rings is 5. The third kappa shape index (κ3) is 2.95. The van der Waals surface area contributed by atoms with Crippen molar-refractivity contribution in [1.82, 2.24) is 0 Å². The lowest BCUT2D eigenvalue weighted by molar-refractivity contribution is 1.37. The molecule has 0 saturated carbocycles. The maximum absolute atomic E-state index is 9.80.